The highest BCUT2D eigenvalue weighted by atomic mass is 16.5. The minimum atomic E-state index is -0.0428. The minimum Gasteiger partial charge on any atom is -0.490 e. The zero-order valence-electron chi connectivity index (χ0n) is 16.6. The molecule has 2 N–H and O–H groups in total. The maximum Gasteiger partial charge on any atom is 0.135 e. The van der Waals surface area contributed by atoms with Gasteiger partial charge < -0.3 is 19.7 Å². The highest BCUT2D eigenvalue weighted by molar-refractivity contribution is 6.11. The molecule has 148 valence electrons. The minimum absolute atomic E-state index is 0.0423. The standard InChI is InChI=1S/C24H28O4/c1-17(2)6-5-7-18-10-11-21-22(16-18)24(28-15-13-26)20-9-4-3-8-19(20)23(21)27-14-12-25/h3-4,6,8-11,16,25-26H,5,7,12-15H2,1-2H3. The summed E-state index contributed by atoms with van der Waals surface area (Å²) in [4.78, 5) is 0. The lowest BCUT2D eigenvalue weighted by Crippen LogP contribution is -2.06. The molecule has 0 atom stereocenters. The van der Waals surface area contributed by atoms with Crippen molar-refractivity contribution >= 4 is 21.5 Å². The molecule has 0 heterocycles. The van der Waals surface area contributed by atoms with Crippen molar-refractivity contribution in [3.05, 3.63) is 59.7 Å². The number of aliphatic hydroxyl groups is 2. The number of allylic oxidation sites excluding steroid dienone is 2. The molecule has 4 heteroatoms. The summed E-state index contributed by atoms with van der Waals surface area (Å²) in [6, 6.07) is 14.3. The predicted octanol–water partition coefficient (Wildman–Crippen LogP) is 4.63. The molecule has 0 aliphatic rings. The molecule has 0 saturated heterocycles. The van der Waals surface area contributed by atoms with Crippen LogP contribution in [0.5, 0.6) is 11.5 Å². The molecule has 4 nitrogen and oxygen atoms in total. The van der Waals surface area contributed by atoms with E-state index in [4.69, 9.17) is 9.47 Å². The molecule has 3 aromatic rings. The summed E-state index contributed by atoms with van der Waals surface area (Å²) in [6.07, 6.45) is 4.17. The van der Waals surface area contributed by atoms with Gasteiger partial charge in [-0.1, -0.05) is 48.0 Å². The monoisotopic (exact) mass is 380 g/mol. The second-order valence-electron chi connectivity index (χ2n) is 7.05. The Morgan fingerprint density at radius 3 is 1.96 bits per heavy atom. The number of ether oxygens (including phenoxy) is 2. The maximum atomic E-state index is 9.28. The van der Waals surface area contributed by atoms with Gasteiger partial charge in [0.15, 0.2) is 0 Å². The van der Waals surface area contributed by atoms with E-state index >= 15 is 0 Å². The Labute approximate surface area is 166 Å². The lowest BCUT2D eigenvalue weighted by atomic mass is 9.97. The van der Waals surface area contributed by atoms with Gasteiger partial charge in [0.2, 0.25) is 0 Å². The van der Waals surface area contributed by atoms with Crippen LogP contribution in [0.3, 0.4) is 0 Å². The highest BCUT2D eigenvalue weighted by Gasteiger charge is 2.16. The molecule has 0 fully saturated rings. The van der Waals surface area contributed by atoms with Gasteiger partial charge in [-0.2, -0.15) is 0 Å². The average molecular weight is 380 g/mol. The smallest absolute Gasteiger partial charge is 0.135 e. The average Bonchev–Trinajstić information content (AvgIpc) is 2.70. The topological polar surface area (TPSA) is 58.9 Å². The van der Waals surface area contributed by atoms with Gasteiger partial charge in [0.25, 0.3) is 0 Å². The van der Waals surface area contributed by atoms with Gasteiger partial charge in [0.05, 0.1) is 13.2 Å². The normalized spacial score (nSPS) is 11.0. The van der Waals surface area contributed by atoms with Crippen molar-refractivity contribution in [2.24, 2.45) is 0 Å². The van der Waals surface area contributed by atoms with Crippen molar-refractivity contribution in [1.29, 1.82) is 0 Å². The van der Waals surface area contributed by atoms with E-state index in [0.29, 0.717) is 0 Å². The first kappa shape index (κ1) is 20.2. The van der Waals surface area contributed by atoms with Gasteiger partial charge in [-0.25, -0.2) is 0 Å². The Bertz CT molecular complexity index is 971. The second kappa shape index (κ2) is 9.58. The summed E-state index contributed by atoms with van der Waals surface area (Å²) in [7, 11) is 0. The van der Waals surface area contributed by atoms with E-state index in [1.807, 2.05) is 24.3 Å². The van der Waals surface area contributed by atoms with Gasteiger partial charge in [-0.05, 0) is 38.3 Å². The fourth-order valence-electron chi connectivity index (χ4n) is 3.44. The molecule has 0 aromatic heterocycles. The largest absolute Gasteiger partial charge is 0.490 e. The van der Waals surface area contributed by atoms with Crippen LogP contribution in [-0.4, -0.2) is 36.6 Å². The SMILES string of the molecule is CC(C)=CCCc1ccc2c(OCCO)c3ccccc3c(OCCO)c2c1. The Morgan fingerprint density at radius 1 is 0.821 bits per heavy atom. The number of rotatable bonds is 9. The maximum absolute atomic E-state index is 9.28. The molecule has 3 rings (SSSR count). The van der Waals surface area contributed by atoms with Gasteiger partial charge >= 0.3 is 0 Å². The third-order valence-corrected chi connectivity index (χ3v) is 4.65. The number of aryl methyl sites for hydroxylation is 1. The molecule has 0 saturated carbocycles. The van der Waals surface area contributed by atoms with E-state index in [9.17, 15) is 10.2 Å². The Kier molecular flexibility index (Phi) is 6.90. The highest BCUT2D eigenvalue weighted by Crippen LogP contribution is 2.43. The molecule has 0 unspecified atom stereocenters. The van der Waals surface area contributed by atoms with E-state index in [0.717, 1.165) is 45.9 Å². The Balaban J connectivity index is 2.18. The Hall–Kier alpha value is -2.56. The van der Waals surface area contributed by atoms with Crippen molar-refractivity contribution in [1.82, 2.24) is 0 Å². The molecule has 3 aromatic carbocycles. The third kappa shape index (κ3) is 4.46. The molecule has 0 spiro atoms. The Morgan fingerprint density at radius 2 is 1.39 bits per heavy atom. The van der Waals surface area contributed by atoms with Crippen LogP contribution in [-0.2, 0) is 6.42 Å². The number of aliphatic hydroxyl groups excluding tert-OH is 2. The van der Waals surface area contributed by atoms with Crippen molar-refractivity contribution in [3.8, 4) is 11.5 Å². The van der Waals surface area contributed by atoms with E-state index in [1.54, 1.807) is 0 Å². The summed E-state index contributed by atoms with van der Waals surface area (Å²) >= 11 is 0. The van der Waals surface area contributed by atoms with Crippen LogP contribution in [0.15, 0.2) is 54.1 Å². The summed E-state index contributed by atoms with van der Waals surface area (Å²) in [5.41, 5.74) is 2.54. The van der Waals surface area contributed by atoms with E-state index in [2.05, 4.69) is 38.1 Å². The molecule has 0 bridgehead atoms. The first-order valence-corrected chi connectivity index (χ1v) is 9.73. The van der Waals surface area contributed by atoms with Gasteiger partial charge in [-0.3, -0.25) is 0 Å². The summed E-state index contributed by atoms with van der Waals surface area (Å²) in [5, 5.41) is 22.3. The first-order chi connectivity index (χ1) is 13.7. The molecule has 0 aliphatic heterocycles. The van der Waals surface area contributed by atoms with Crippen LogP contribution in [0.25, 0.3) is 21.5 Å². The molecule has 0 radical (unpaired) electrons. The second-order valence-corrected chi connectivity index (χ2v) is 7.05. The van der Waals surface area contributed by atoms with E-state index in [1.165, 1.54) is 11.1 Å². The number of fused-ring (bicyclic) bond motifs is 2. The van der Waals surface area contributed by atoms with Crippen LogP contribution in [0.4, 0.5) is 0 Å². The zero-order valence-corrected chi connectivity index (χ0v) is 16.6. The molecular weight excluding hydrogens is 352 g/mol. The summed E-state index contributed by atoms with van der Waals surface area (Å²) < 4.78 is 11.9. The number of hydrogen-bond acceptors (Lipinski definition) is 4. The van der Waals surface area contributed by atoms with Gasteiger partial charge in [0.1, 0.15) is 24.7 Å². The van der Waals surface area contributed by atoms with Crippen molar-refractivity contribution in [2.45, 2.75) is 26.7 Å². The molecule has 0 aliphatic carbocycles. The summed E-state index contributed by atoms with van der Waals surface area (Å²) in [5.74, 6) is 1.52. The van der Waals surface area contributed by atoms with Crippen LogP contribution in [0.2, 0.25) is 0 Å². The lowest BCUT2D eigenvalue weighted by Gasteiger charge is -2.18. The van der Waals surface area contributed by atoms with E-state index in [-0.39, 0.29) is 26.4 Å². The third-order valence-electron chi connectivity index (χ3n) is 4.65. The molecule has 0 amide bonds. The van der Waals surface area contributed by atoms with E-state index < -0.39 is 0 Å². The van der Waals surface area contributed by atoms with Crippen molar-refractivity contribution in [2.75, 3.05) is 26.4 Å². The zero-order chi connectivity index (χ0) is 19.9. The van der Waals surface area contributed by atoms with Gasteiger partial charge in [0, 0.05) is 21.5 Å². The molecule has 28 heavy (non-hydrogen) atoms. The van der Waals surface area contributed by atoms with Crippen molar-refractivity contribution in [3.63, 3.8) is 0 Å². The fourth-order valence-corrected chi connectivity index (χ4v) is 3.44. The number of hydrogen-bond donors (Lipinski definition) is 2. The van der Waals surface area contributed by atoms with Crippen molar-refractivity contribution < 1.29 is 19.7 Å². The first-order valence-electron chi connectivity index (χ1n) is 9.73. The van der Waals surface area contributed by atoms with Crippen LogP contribution < -0.4 is 9.47 Å². The van der Waals surface area contributed by atoms with Gasteiger partial charge in [-0.15, -0.1) is 0 Å². The van der Waals surface area contributed by atoms with Crippen LogP contribution in [0.1, 0.15) is 25.8 Å². The quantitative estimate of drug-likeness (QED) is 0.420. The number of benzene rings is 3. The van der Waals surface area contributed by atoms with Crippen LogP contribution >= 0.6 is 0 Å². The summed E-state index contributed by atoms with van der Waals surface area (Å²) in [6.45, 7) is 4.60. The lowest BCUT2D eigenvalue weighted by molar-refractivity contribution is 0.202. The predicted molar refractivity (Wildman–Crippen MR) is 114 cm³/mol. The molecular formula is C24H28O4. The fraction of sp³-hybridized carbons (Fsp3) is 0.333. The van der Waals surface area contributed by atoms with Crippen LogP contribution in [0, 0.1) is 0 Å².